The summed E-state index contributed by atoms with van der Waals surface area (Å²) < 4.78 is 15.1. The van der Waals surface area contributed by atoms with E-state index in [2.05, 4.69) is 20.3 Å². The Morgan fingerprint density at radius 2 is 2.06 bits per heavy atom. The van der Waals surface area contributed by atoms with E-state index in [1.54, 1.807) is 29.6 Å². The van der Waals surface area contributed by atoms with Crippen molar-refractivity contribution in [2.75, 3.05) is 0 Å². The molecule has 1 N–H and O–H groups in total. The van der Waals surface area contributed by atoms with E-state index in [0.29, 0.717) is 23.0 Å². The molecule has 1 aromatic carbocycles. The lowest BCUT2D eigenvalue weighted by Gasteiger charge is -1.96. The summed E-state index contributed by atoms with van der Waals surface area (Å²) in [7, 11) is 0. The number of aromatic amines is 1. The molecule has 0 aliphatic rings. The van der Waals surface area contributed by atoms with Crippen LogP contribution in [0.15, 0.2) is 24.3 Å². The summed E-state index contributed by atoms with van der Waals surface area (Å²) in [5.74, 6) is 1.26. The molecule has 2 aromatic heterocycles. The van der Waals surface area contributed by atoms with Gasteiger partial charge in [0.1, 0.15) is 5.82 Å². The first-order valence-electron chi connectivity index (χ1n) is 4.78. The lowest BCUT2D eigenvalue weighted by molar-refractivity contribution is 0.630. The molecule has 0 aliphatic carbocycles. The average molecular weight is 217 g/mol. The Bertz CT molecular complexity index is 654. The van der Waals surface area contributed by atoms with E-state index < -0.39 is 0 Å². The first-order valence-corrected chi connectivity index (χ1v) is 4.78. The van der Waals surface area contributed by atoms with Gasteiger partial charge in [-0.15, -0.1) is 10.2 Å². The van der Waals surface area contributed by atoms with Crippen LogP contribution in [0.1, 0.15) is 5.82 Å². The van der Waals surface area contributed by atoms with Gasteiger partial charge >= 0.3 is 0 Å². The molecule has 0 atom stereocenters. The summed E-state index contributed by atoms with van der Waals surface area (Å²) in [6, 6.07) is 6.45. The Morgan fingerprint density at radius 1 is 1.25 bits per heavy atom. The zero-order chi connectivity index (χ0) is 11.1. The topological polar surface area (TPSA) is 58.9 Å². The van der Waals surface area contributed by atoms with Crippen LogP contribution >= 0.6 is 0 Å². The fourth-order valence-electron chi connectivity index (χ4n) is 1.56. The van der Waals surface area contributed by atoms with Crippen LogP contribution in [0.3, 0.4) is 0 Å². The van der Waals surface area contributed by atoms with Crippen LogP contribution in [0.4, 0.5) is 4.39 Å². The third kappa shape index (κ3) is 1.19. The number of aromatic nitrogens is 5. The highest BCUT2D eigenvalue weighted by Gasteiger charge is 2.11. The van der Waals surface area contributed by atoms with Crippen molar-refractivity contribution in [3.05, 3.63) is 35.9 Å². The maximum atomic E-state index is 13.5. The number of H-pyrrole nitrogens is 1. The van der Waals surface area contributed by atoms with Gasteiger partial charge in [0.25, 0.3) is 5.78 Å². The normalized spacial score (nSPS) is 11.1. The zero-order valence-electron chi connectivity index (χ0n) is 8.48. The molecule has 3 rings (SSSR count). The van der Waals surface area contributed by atoms with Crippen LogP contribution in [0, 0.1) is 12.7 Å². The molecule has 5 nitrogen and oxygen atoms in total. The minimum atomic E-state index is -0.315. The van der Waals surface area contributed by atoms with E-state index in [1.807, 2.05) is 0 Å². The lowest BCUT2D eigenvalue weighted by atomic mass is 10.2. The van der Waals surface area contributed by atoms with Crippen molar-refractivity contribution >= 4 is 5.78 Å². The standard InChI is InChI=1S/C10H8FN5/c1-6-13-14-10-12-9(15-16(6)10)7-4-2-3-5-8(7)11/h2-5H,1H3,(H,12,14,15). The molecule has 0 radical (unpaired) electrons. The number of rotatable bonds is 1. The van der Waals surface area contributed by atoms with Gasteiger partial charge < -0.3 is 0 Å². The van der Waals surface area contributed by atoms with Crippen LogP contribution in [-0.2, 0) is 0 Å². The van der Waals surface area contributed by atoms with E-state index in [0.717, 1.165) is 0 Å². The van der Waals surface area contributed by atoms with Gasteiger partial charge in [-0.25, -0.2) is 8.91 Å². The maximum Gasteiger partial charge on any atom is 0.272 e. The summed E-state index contributed by atoms with van der Waals surface area (Å²) in [6.07, 6.45) is 0. The van der Waals surface area contributed by atoms with Gasteiger partial charge in [-0.2, -0.15) is 4.98 Å². The molecule has 0 fully saturated rings. The van der Waals surface area contributed by atoms with Crippen molar-refractivity contribution < 1.29 is 4.39 Å². The third-order valence-corrected chi connectivity index (χ3v) is 2.37. The quantitative estimate of drug-likeness (QED) is 0.673. The molecule has 0 bridgehead atoms. The first-order chi connectivity index (χ1) is 7.75. The van der Waals surface area contributed by atoms with E-state index >= 15 is 0 Å². The van der Waals surface area contributed by atoms with Crippen molar-refractivity contribution in [3.63, 3.8) is 0 Å². The Kier molecular flexibility index (Phi) is 1.76. The molecule has 2 heterocycles. The molecule has 0 saturated heterocycles. The van der Waals surface area contributed by atoms with Crippen molar-refractivity contribution in [1.82, 2.24) is 24.8 Å². The monoisotopic (exact) mass is 217 g/mol. The summed E-state index contributed by atoms with van der Waals surface area (Å²) in [4.78, 5) is 4.16. The van der Waals surface area contributed by atoms with Gasteiger partial charge in [0.05, 0.1) is 5.56 Å². The van der Waals surface area contributed by atoms with Crippen LogP contribution in [0.2, 0.25) is 0 Å². The molecule has 0 aliphatic heterocycles. The van der Waals surface area contributed by atoms with Gasteiger partial charge in [-0.3, -0.25) is 5.10 Å². The van der Waals surface area contributed by atoms with Crippen molar-refractivity contribution in [1.29, 1.82) is 0 Å². The Balaban J connectivity index is 2.23. The minimum absolute atomic E-state index is 0.315. The van der Waals surface area contributed by atoms with E-state index in [9.17, 15) is 4.39 Å². The second kappa shape index (κ2) is 3.13. The van der Waals surface area contributed by atoms with E-state index in [1.165, 1.54) is 6.07 Å². The van der Waals surface area contributed by atoms with Crippen LogP contribution in [0.25, 0.3) is 17.2 Å². The zero-order valence-corrected chi connectivity index (χ0v) is 8.48. The molecule has 3 aromatic rings. The SMILES string of the molecule is Cc1nnc2nc(-c3ccccc3F)[nH]n12. The third-order valence-electron chi connectivity index (χ3n) is 2.37. The molecule has 0 unspecified atom stereocenters. The molecule has 80 valence electrons. The summed E-state index contributed by atoms with van der Waals surface area (Å²) in [5.41, 5.74) is 0.424. The number of halogens is 1. The predicted molar refractivity (Wildman–Crippen MR) is 55.3 cm³/mol. The van der Waals surface area contributed by atoms with Gasteiger partial charge in [0.2, 0.25) is 0 Å². The highest BCUT2D eigenvalue weighted by molar-refractivity contribution is 5.57. The number of hydrogen-bond acceptors (Lipinski definition) is 3. The van der Waals surface area contributed by atoms with Crippen molar-refractivity contribution in [3.8, 4) is 11.4 Å². The van der Waals surface area contributed by atoms with Gasteiger partial charge in [-0.1, -0.05) is 12.1 Å². The van der Waals surface area contributed by atoms with Gasteiger partial charge in [0.15, 0.2) is 11.6 Å². The first kappa shape index (κ1) is 9.02. The predicted octanol–water partition coefficient (Wildman–Crippen LogP) is 1.57. The molecular formula is C10H8FN5. The van der Waals surface area contributed by atoms with E-state index in [4.69, 9.17) is 0 Å². The molecule has 0 saturated carbocycles. The lowest BCUT2D eigenvalue weighted by Crippen LogP contribution is -1.90. The number of hydrogen-bond donors (Lipinski definition) is 1. The van der Waals surface area contributed by atoms with Crippen molar-refractivity contribution in [2.24, 2.45) is 0 Å². The highest BCUT2D eigenvalue weighted by Crippen LogP contribution is 2.19. The van der Waals surface area contributed by atoms with Crippen LogP contribution in [0.5, 0.6) is 0 Å². The summed E-state index contributed by atoms with van der Waals surface area (Å²) >= 11 is 0. The van der Waals surface area contributed by atoms with Crippen LogP contribution in [-0.4, -0.2) is 24.8 Å². The fraction of sp³-hybridized carbons (Fsp3) is 0.100. The Hall–Kier alpha value is -2.24. The highest BCUT2D eigenvalue weighted by atomic mass is 19.1. The summed E-state index contributed by atoms with van der Waals surface area (Å²) in [5, 5.41) is 10.6. The number of nitrogens with zero attached hydrogens (tertiary/aromatic N) is 4. The second-order valence-electron chi connectivity index (χ2n) is 3.43. The molecule has 16 heavy (non-hydrogen) atoms. The van der Waals surface area contributed by atoms with Crippen molar-refractivity contribution in [2.45, 2.75) is 6.92 Å². The second-order valence-corrected chi connectivity index (χ2v) is 3.43. The smallest absolute Gasteiger partial charge is 0.272 e. The van der Waals surface area contributed by atoms with E-state index in [-0.39, 0.29) is 5.82 Å². The molecular weight excluding hydrogens is 209 g/mol. The minimum Gasteiger partial charge on any atom is -0.272 e. The molecule has 0 spiro atoms. The van der Waals surface area contributed by atoms with Crippen LogP contribution < -0.4 is 0 Å². The summed E-state index contributed by atoms with van der Waals surface area (Å²) in [6.45, 7) is 1.79. The number of aryl methyl sites for hydroxylation is 1. The molecule has 6 heteroatoms. The number of nitrogens with one attached hydrogen (secondary N) is 1. The Morgan fingerprint density at radius 3 is 2.81 bits per heavy atom. The maximum absolute atomic E-state index is 13.5. The Labute approximate surface area is 89.9 Å². The molecule has 0 amide bonds. The van der Waals surface area contributed by atoms with Gasteiger partial charge in [-0.05, 0) is 19.1 Å². The average Bonchev–Trinajstić information content (AvgIpc) is 2.82. The number of fused-ring (bicyclic) bond motifs is 1. The fourth-order valence-corrected chi connectivity index (χ4v) is 1.56. The van der Waals surface area contributed by atoms with Gasteiger partial charge in [0, 0.05) is 0 Å². The largest absolute Gasteiger partial charge is 0.272 e. The number of benzene rings is 1.